The molecule has 14 heavy (non-hydrogen) atoms. The molecule has 0 aliphatic heterocycles. The van der Waals surface area contributed by atoms with E-state index in [2.05, 4.69) is 39.9 Å². The second-order valence-electron chi connectivity index (χ2n) is 4.80. The van der Waals surface area contributed by atoms with Crippen LogP contribution in [0.4, 0.5) is 0 Å². The zero-order valence-electron chi connectivity index (χ0n) is 9.22. The molecule has 2 heteroatoms. The standard InChI is InChI=1S/C9H7O.3CH3.Sn/c1-7-6-10-9-5-3-2-4-8(7)9;;;;/h2-5H,1H3;3*1H3;. The van der Waals surface area contributed by atoms with Gasteiger partial charge in [-0.2, -0.15) is 0 Å². The number of hydrogen-bond acceptors (Lipinski definition) is 1. The predicted octanol–water partition coefficient (Wildman–Crippen LogP) is 3.29. The van der Waals surface area contributed by atoms with Gasteiger partial charge in [0.05, 0.1) is 0 Å². The molecule has 0 aliphatic rings. The molecule has 1 heterocycles. The number of hydrogen-bond donors (Lipinski definition) is 0. The van der Waals surface area contributed by atoms with Crippen LogP contribution in [0.15, 0.2) is 28.7 Å². The van der Waals surface area contributed by atoms with E-state index >= 15 is 0 Å². The maximum atomic E-state index is 5.96. The number of fused-ring (bicyclic) bond motifs is 1. The van der Waals surface area contributed by atoms with Gasteiger partial charge in [0.2, 0.25) is 0 Å². The van der Waals surface area contributed by atoms with Crippen molar-refractivity contribution in [1.82, 2.24) is 0 Å². The molecule has 0 N–H and O–H groups in total. The fourth-order valence-corrected chi connectivity index (χ4v) is 6.67. The molecule has 2 aromatic rings. The summed E-state index contributed by atoms with van der Waals surface area (Å²) in [4.78, 5) is 7.16. The van der Waals surface area contributed by atoms with Crippen LogP contribution in [0.1, 0.15) is 5.56 Å². The molecular formula is C12H16OSn. The fraction of sp³-hybridized carbons (Fsp3) is 0.333. The van der Waals surface area contributed by atoms with E-state index in [1.807, 2.05) is 6.07 Å². The zero-order valence-corrected chi connectivity index (χ0v) is 12.1. The number of furan rings is 1. The van der Waals surface area contributed by atoms with Gasteiger partial charge in [0, 0.05) is 0 Å². The summed E-state index contributed by atoms with van der Waals surface area (Å²) in [5.74, 6) is 0. The number of benzene rings is 1. The van der Waals surface area contributed by atoms with Crippen LogP contribution in [0.2, 0.25) is 14.8 Å². The Morgan fingerprint density at radius 3 is 2.29 bits per heavy atom. The first-order valence-corrected chi connectivity index (χ1v) is 15.0. The van der Waals surface area contributed by atoms with Gasteiger partial charge in [-0.1, -0.05) is 0 Å². The van der Waals surface area contributed by atoms with Crippen LogP contribution in [0.3, 0.4) is 0 Å². The first-order chi connectivity index (χ1) is 6.50. The van der Waals surface area contributed by atoms with Gasteiger partial charge in [-0.05, 0) is 0 Å². The first-order valence-electron chi connectivity index (χ1n) is 4.99. The van der Waals surface area contributed by atoms with E-state index in [9.17, 15) is 0 Å². The minimum atomic E-state index is -2.05. The van der Waals surface area contributed by atoms with E-state index in [1.165, 1.54) is 14.7 Å². The van der Waals surface area contributed by atoms with Gasteiger partial charge in [-0.3, -0.25) is 0 Å². The average molecular weight is 295 g/mol. The Balaban J connectivity index is 2.75. The van der Waals surface area contributed by atoms with Crippen molar-refractivity contribution >= 4 is 33.1 Å². The Morgan fingerprint density at radius 2 is 1.71 bits per heavy atom. The summed E-state index contributed by atoms with van der Waals surface area (Å²) in [5, 5.41) is 1.29. The molecule has 74 valence electrons. The monoisotopic (exact) mass is 296 g/mol. The van der Waals surface area contributed by atoms with Crippen molar-refractivity contribution in [3.63, 3.8) is 0 Å². The summed E-state index contributed by atoms with van der Waals surface area (Å²) in [5.41, 5.74) is 2.41. The Kier molecular flexibility index (Phi) is 2.38. The predicted molar refractivity (Wildman–Crippen MR) is 63.9 cm³/mol. The molecule has 0 radical (unpaired) electrons. The fourth-order valence-electron chi connectivity index (χ4n) is 1.89. The molecule has 0 saturated heterocycles. The molecular weight excluding hydrogens is 279 g/mol. The van der Waals surface area contributed by atoms with Gasteiger partial charge in [0.25, 0.3) is 0 Å². The van der Waals surface area contributed by atoms with Crippen LogP contribution in [0.25, 0.3) is 11.0 Å². The molecule has 1 aromatic carbocycles. The Morgan fingerprint density at radius 1 is 1.07 bits per heavy atom. The molecule has 0 amide bonds. The maximum absolute atomic E-state index is 5.96. The Labute approximate surface area is 89.0 Å². The Bertz CT molecular complexity index is 463. The van der Waals surface area contributed by atoms with E-state index in [4.69, 9.17) is 4.42 Å². The van der Waals surface area contributed by atoms with Crippen molar-refractivity contribution in [1.29, 1.82) is 0 Å². The molecule has 1 nitrogen and oxygen atoms in total. The van der Waals surface area contributed by atoms with Crippen LogP contribution in [0.5, 0.6) is 0 Å². The van der Waals surface area contributed by atoms with Gasteiger partial charge >= 0.3 is 89.1 Å². The van der Waals surface area contributed by atoms with E-state index < -0.39 is 18.4 Å². The van der Waals surface area contributed by atoms with Gasteiger partial charge in [-0.15, -0.1) is 0 Å². The molecule has 0 fully saturated rings. The summed E-state index contributed by atoms with van der Waals surface area (Å²) in [6.45, 7) is 2.18. The molecule has 2 rings (SSSR count). The zero-order chi connectivity index (χ0) is 10.3. The normalized spacial score (nSPS) is 12.3. The second-order valence-corrected chi connectivity index (χ2v) is 18.9. The third-order valence-corrected chi connectivity index (χ3v) is 7.77. The van der Waals surface area contributed by atoms with E-state index in [0.29, 0.717) is 0 Å². The summed E-state index contributed by atoms with van der Waals surface area (Å²) in [6, 6.07) is 8.32. The number of aryl methyl sites for hydroxylation is 1. The SMILES string of the molecule is Cc1[c]([Sn]([CH3])([CH3])[CH3])oc2ccccc12. The van der Waals surface area contributed by atoms with Gasteiger partial charge in [-0.25, -0.2) is 0 Å². The van der Waals surface area contributed by atoms with E-state index in [-0.39, 0.29) is 0 Å². The molecule has 0 spiro atoms. The number of para-hydroxylation sites is 1. The molecule has 1 aromatic heterocycles. The van der Waals surface area contributed by atoms with Gasteiger partial charge < -0.3 is 0 Å². The summed E-state index contributed by atoms with van der Waals surface area (Å²) in [6.07, 6.45) is 0. The van der Waals surface area contributed by atoms with Crippen LogP contribution in [-0.4, -0.2) is 18.4 Å². The summed E-state index contributed by atoms with van der Waals surface area (Å²) < 4.78 is 7.26. The van der Waals surface area contributed by atoms with Gasteiger partial charge in [0.15, 0.2) is 0 Å². The van der Waals surface area contributed by atoms with E-state index in [1.54, 1.807) is 0 Å². The van der Waals surface area contributed by atoms with Crippen molar-refractivity contribution in [3.8, 4) is 0 Å². The van der Waals surface area contributed by atoms with Crippen LogP contribution >= 0.6 is 0 Å². The molecule has 0 unspecified atom stereocenters. The van der Waals surface area contributed by atoms with Gasteiger partial charge in [0.1, 0.15) is 0 Å². The summed E-state index contributed by atoms with van der Waals surface area (Å²) >= 11 is -2.05. The van der Waals surface area contributed by atoms with Crippen molar-refractivity contribution in [3.05, 3.63) is 29.8 Å². The minimum absolute atomic E-state index is 1.05. The van der Waals surface area contributed by atoms with E-state index in [0.717, 1.165) is 5.58 Å². The van der Waals surface area contributed by atoms with Crippen molar-refractivity contribution < 1.29 is 4.42 Å². The van der Waals surface area contributed by atoms with Crippen LogP contribution in [-0.2, 0) is 0 Å². The third-order valence-electron chi connectivity index (χ3n) is 2.52. The third kappa shape index (κ3) is 1.58. The quantitative estimate of drug-likeness (QED) is 0.736. The molecule has 0 saturated carbocycles. The Hall–Kier alpha value is -0.441. The molecule has 0 bridgehead atoms. The first kappa shape index (κ1) is 10.1. The van der Waals surface area contributed by atoms with Crippen molar-refractivity contribution in [2.24, 2.45) is 0 Å². The second kappa shape index (κ2) is 3.30. The van der Waals surface area contributed by atoms with Crippen molar-refractivity contribution in [2.45, 2.75) is 21.7 Å². The molecule has 0 aliphatic carbocycles. The van der Waals surface area contributed by atoms with Crippen LogP contribution in [0, 0.1) is 6.92 Å². The average Bonchev–Trinajstić information content (AvgIpc) is 2.44. The number of rotatable bonds is 1. The van der Waals surface area contributed by atoms with Crippen LogP contribution < -0.4 is 3.78 Å². The topological polar surface area (TPSA) is 13.1 Å². The van der Waals surface area contributed by atoms with Crippen molar-refractivity contribution in [2.75, 3.05) is 0 Å². The molecule has 0 atom stereocenters. The summed E-state index contributed by atoms with van der Waals surface area (Å²) in [7, 11) is 0.